The van der Waals surface area contributed by atoms with E-state index >= 15 is 0 Å². The molecule has 3 aromatic rings. The fraction of sp³-hybridized carbons (Fsp3) is 0.348. The lowest BCUT2D eigenvalue weighted by atomic mass is 9.83. The van der Waals surface area contributed by atoms with Gasteiger partial charge in [0.05, 0.1) is 11.2 Å². The lowest BCUT2D eigenvalue weighted by molar-refractivity contribution is 0.301. The molecule has 5 rings (SSSR count). The summed E-state index contributed by atoms with van der Waals surface area (Å²) in [6.07, 6.45) is 5.74. The molecule has 0 N–H and O–H groups in total. The number of nitrogens with zero attached hydrogens (tertiary/aromatic N) is 1. The van der Waals surface area contributed by atoms with Crippen molar-refractivity contribution in [1.29, 1.82) is 0 Å². The van der Waals surface area contributed by atoms with Crippen LogP contribution in [0.3, 0.4) is 0 Å². The Morgan fingerprint density at radius 2 is 1.76 bits per heavy atom. The minimum absolute atomic E-state index is 0.512. The largest absolute Gasteiger partial charge is 0.487 e. The van der Waals surface area contributed by atoms with E-state index in [1.807, 2.05) is 24.3 Å². The quantitative estimate of drug-likeness (QED) is 0.611. The molecule has 0 saturated heterocycles. The van der Waals surface area contributed by atoms with Gasteiger partial charge in [-0.05, 0) is 66.8 Å². The van der Waals surface area contributed by atoms with Crippen LogP contribution in [0.5, 0.6) is 5.75 Å². The lowest BCUT2D eigenvalue weighted by Crippen LogP contribution is -2.08. The fourth-order valence-electron chi connectivity index (χ4n) is 4.81. The van der Waals surface area contributed by atoms with E-state index in [4.69, 9.17) is 4.74 Å². The van der Waals surface area contributed by atoms with Crippen LogP contribution in [-0.2, 0) is 6.61 Å². The van der Waals surface area contributed by atoms with E-state index in [-0.39, 0.29) is 0 Å². The third-order valence-electron chi connectivity index (χ3n) is 6.09. The molecular formula is C23H23NO. The number of hydrogen-bond donors (Lipinski definition) is 0. The minimum Gasteiger partial charge on any atom is -0.487 e. The second kappa shape index (κ2) is 6.18. The number of para-hydroxylation sites is 1. The van der Waals surface area contributed by atoms with Crippen molar-refractivity contribution < 1.29 is 4.74 Å². The van der Waals surface area contributed by atoms with E-state index in [9.17, 15) is 0 Å². The average Bonchev–Trinajstić information content (AvgIpc) is 3.30. The van der Waals surface area contributed by atoms with Crippen LogP contribution in [0.15, 0.2) is 60.7 Å². The maximum atomic E-state index is 5.96. The zero-order valence-electron chi connectivity index (χ0n) is 14.4. The van der Waals surface area contributed by atoms with Gasteiger partial charge >= 0.3 is 0 Å². The van der Waals surface area contributed by atoms with Gasteiger partial charge < -0.3 is 4.74 Å². The Kier molecular flexibility index (Phi) is 3.70. The van der Waals surface area contributed by atoms with Gasteiger partial charge in [-0.25, -0.2) is 4.98 Å². The fourth-order valence-corrected chi connectivity index (χ4v) is 4.81. The highest BCUT2D eigenvalue weighted by Gasteiger charge is 2.39. The summed E-state index contributed by atoms with van der Waals surface area (Å²) < 4.78 is 5.96. The van der Waals surface area contributed by atoms with Crippen molar-refractivity contribution in [3.05, 3.63) is 71.9 Å². The van der Waals surface area contributed by atoms with Crippen LogP contribution in [0.25, 0.3) is 10.9 Å². The van der Waals surface area contributed by atoms with Crippen LogP contribution in [0, 0.1) is 11.8 Å². The highest BCUT2D eigenvalue weighted by Crippen LogP contribution is 2.52. The molecule has 0 spiro atoms. The summed E-state index contributed by atoms with van der Waals surface area (Å²) in [5.74, 6) is 3.64. The third-order valence-corrected chi connectivity index (χ3v) is 6.09. The molecule has 2 saturated carbocycles. The predicted molar refractivity (Wildman–Crippen MR) is 101 cm³/mol. The third kappa shape index (κ3) is 2.90. The molecule has 2 aliphatic carbocycles. The Morgan fingerprint density at radius 1 is 0.880 bits per heavy atom. The van der Waals surface area contributed by atoms with Crippen LogP contribution in [0.2, 0.25) is 0 Å². The van der Waals surface area contributed by atoms with Gasteiger partial charge in [0.1, 0.15) is 12.4 Å². The molecule has 2 heteroatoms. The Morgan fingerprint density at radius 3 is 2.56 bits per heavy atom. The van der Waals surface area contributed by atoms with Crippen molar-refractivity contribution in [2.24, 2.45) is 11.8 Å². The van der Waals surface area contributed by atoms with Gasteiger partial charge in [0, 0.05) is 5.39 Å². The van der Waals surface area contributed by atoms with E-state index < -0.39 is 0 Å². The standard InChI is InChI=1S/C23H23NO/c1-2-4-23-18(3-1)7-10-20(24-23)15-25-21-11-8-17(9-12-21)22-14-16-5-6-19(22)13-16/h1-4,7-12,16,19,22H,5-6,13-15H2. The van der Waals surface area contributed by atoms with Crippen LogP contribution in [0.1, 0.15) is 42.9 Å². The van der Waals surface area contributed by atoms with Gasteiger partial charge in [-0.2, -0.15) is 0 Å². The van der Waals surface area contributed by atoms with E-state index in [1.165, 1.54) is 36.6 Å². The predicted octanol–water partition coefficient (Wildman–Crippen LogP) is 5.72. The molecule has 2 aliphatic rings. The summed E-state index contributed by atoms with van der Waals surface area (Å²) in [5.41, 5.74) is 3.49. The molecule has 2 aromatic carbocycles. The summed E-state index contributed by atoms with van der Waals surface area (Å²) >= 11 is 0. The van der Waals surface area contributed by atoms with Crippen molar-refractivity contribution in [2.75, 3.05) is 0 Å². The number of aromatic nitrogens is 1. The van der Waals surface area contributed by atoms with Crippen molar-refractivity contribution in [2.45, 2.75) is 38.2 Å². The first-order chi connectivity index (χ1) is 12.3. The molecular weight excluding hydrogens is 306 g/mol. The van der Waals surface area contributed by atoms with E-state index in [0.717, 1.165) is 34.7 Å². The van der Waals surface area contributed by atoms with E-state index in [2.05, 4.69) is 41.4 Å². The topological polar surface area (TPSA) is 22.1 Å². The SMILES string of the molecule is c1ccc2nc(COc3ccc(C4CC5CCC4C5)cc3)ccc2c1. The van der Waals surface area contributed by atoms with E-state index in [1.54, 1.807) is 0 Å². The molecule has 3 atom stereocenters. The summed E-state index contributed by atoms with van der Waals surface area (Å²) in [4.78, 5) is 4.67. The highest BCUT2D eigenvalue weighted by atomic mass is 16.5. The first-order valence-corrected chi connectivity index (χ1v) is 9.42. The molecule has 0 radical (unpaired) electrons. The second-order valence-electron chi connectivity index (χ2n) is 7.63. The van der Waals surface area contributed by atoms with Crippen molar-refractivity contribution in [3.8, 4) is 5.75 Å². The maximum absolute atomic E-state index is 5.96. The zero-order chi connectivity index (χ0) is 16.6. The first-order valence-electron chi connectivity index (χ1n) is 9.42. The number of rotatable bonds is 4. The molecule has 25 heavy (non-hydrogen) atoms. The molecule has 2 nitrogen and oxygen atoms in total. The van der Waals surface area contributed by atoms with Gasteiger partial charge in [0.15, 0.2) is 0 Å². The van der Waals surface area contributed by atoms with Crippen molar-refractivity contribution in [3.63, 3.8) is 0 Å². The molecule has 1 heterocycles. The Hall–Kier alpha value is -2.35. The van der Waals surface area contributed by atoms with Gasteiger partial charge in [0.2, 0.25) is 0 Å². The molecule has 2 bridgehead atoms. The Labute approximate surface area is 148 Å². The molecule has 1 aromatic heterocycles. The molecule has 2 fully saturated rings. The van der Waals surface area contributed by atoms with Crippen LogP contribution in [0.4, 0.5) is 0 Å². The summed E-state index contributed by atoms with van der Waals surface area (Å²) in [6, 6.07) is 21.1. The number of fused-ring (bicyclic) bond motifs is 3. The molecule has 3 unspecified atom stereocenters. The van der Waals surface area contributed by atoms with Gasteiger partial charge in [-0.1, -0.05) is 42.8 Å². The van der Waals surface area contributed by atoms with E-state index in [0.29, 0.717) is 6.61 Å². The summed E-state index contributed by atoms with van der Waals surface area (Å²) in [5, 5.41) is 1.17. The van der Waals surface area contributed by atoms with Crippen LogP contribution < -0.4 is 4.74 Å². The average molecular weight is 329 g/mol. The number of ether oxygens (including phenoxy) is 1. The lowest BCUT2D eigenvalue weighted by Gasteiger charge is -2.22. The zero-order valence-corrected chi connectivity index (χ0v) is 14.4. The van der Waals surface area contributed by atoms with Crippen LogP contribution in [-0.4, -0.2) is 4.98 Å². The Bertz CT molecular complexity index is 886. The first kappa shape index (κ1) is 14.9. The monoisotopic (exact) mass is 329 g/mol. The van der Waals surface area contributed by atoms with Gasteiger partial charge in [-0.3, -0.25) is 0 Å². The molecule has 0 amide bonds. The summed E-state index contributed by atoms with van der Waals surface area (Å²) in [7, 11) is 0. The van der Waals surface area contributed by atoms with Crippen LogP contribution >= 0.6 is 0 Å². The summed E-state index contributed by atoms with van der Waals surface area (Å²) in [6.45, 7) is 0.512. The molecule has 0 aliphatic heterocycles. The Balaban J connectivity index is 1.26. The van der Waals surface area contributed by atoms with Crippen molar-refractivity contribution >= 4 is 10.9 Å². The normalized spacial score (nSPS) is 24.7. The smallest absolute Gasteiger partial charge is 0.130 e. The van der Waals surface area contributed by atoms with Gasteiger partial charge in [-0.15, -0.1) is 0 Å². The second-order valence-corrected chi connectivity index (χ2v) is 7.63. The molecule has 126 valence electrons. The number of benzene rings is 2. The maximum Gasteiger partial charge on any atom is 0.130 e. The van der Waals surface area contributed by atoms with Crippen molar-refractivity contribution in [1.82, 2.24) is 4.98 Å². The number of pyridine rings is 1. The van der Waals surface area contributed by atoms with Gasteiger partial charge in [0.25, 0.3) is 0 Å². The minimum atomic E-state index is 0.512. The number of hydrogen-bond acceptors (Lipinski definition) is 2. The highest BCUT2D eigenvalue weighted by molar-refractivity contribution is 5.78.